The zero-order valence-electron chi connectivity index (χ0n) is 8.70. The molecule has 1 aromatic heterocycles. The molecule has 0 amide bonds. The molecule has 0 aliphatic rings. The van der Waals surface area contributed by atoms with Crippen LogP contribution in [0.1, 0.15) is 25.3 Å². The second kappa shape index (κ2) is 5.54. The lowest BCUT2D eigenvalue weighted by molar-refractivity contribution is 0.176. The Kier molecular flexibility index (Phi) is 4.32. The second-order valence-electron chi connectivity index (χ2n) is 3.44. The van der Waals surface area contributed by atoms with Gasteiger partial charge in [0, 0.05) is 6.54 Å². The molecule has 0 saturated carbocycles. The second-order valence-corrected chi connectivity index (χ2v) is 3.44. The van der Waals surface area contributed by atoms with E-state index in [0.29, 0.717) is 6.54 Å². The monoisotopic (exact) mass is 195 g/mol. The number of aryl methyl sites for hydroxylation is 1. The Morgan fingerprint density at radius 1 is 1.57 bits per heavy atom. The van der Waals surface area contributed by atoms with Crippen LogP contribution in [0.4, 0.5) is 5.82 Å². The molecule has 0 fully saturated rings. The molecule has 14 heavy (non-hydrogen) atoms. The first-order chi connectivity index (χ1) is 6.72. The summed E-state index contributed by atoms with van der Waals surface area (Å²) in [5.74, 6) is 0.722. The third-order valence-electron chi connectivity index (χ3n) is 1.93. The molecule has 1 atom stereocenters. The van der Waals surface area contributed by atoms with E-state index < -0.39 is 0 Å². The largest absolute Gasteiger partial charge is 0.391 e. The molecule has 0 aliphatic heterocycles. The molecule has 1 aromatic rings. The van der Waals surface area contributed by atoms with E-state index in [1.807, 2.05) is 13.0 Å². The number of nitrogens with zero attached hydrogens (tertiary/aromatic N) is 2. The number of rotatable bonds is 5. The highest BCUT2D eigenvalue weighted by molar-refractivity contribution is 5.34. The van der Waals surface area contributed by atoms with Crippen molar-refractivity contribution in [3.8, 4) is 0 Å². The minimum atomic E-state index is -0.303. The number of hydrogen-bond donors (Lipinski definition) is 2. The van der Waals surface area contributed by atoms with E-state index in [1.54, 1.807) is 6.20 Å². The van der Waals surface area contributed by atoms with Gasteiger partial charge in [0.1, 0.15) is 5.82 Å². The van der Waals surface area contributed by atoms with E-state index in [2.05, 4.69) is 22.4 Å². The number of hydrogen-bond acceptors (Lipinski definition) is 4. The summed E-state index contributed by atoms with van der Waals surface area (Å²) in [7, 11) is 0. The number of aromatic nitrogens is 2. The van der Waals surface area contributed by atoms with E-state index in [9.17, 15) is 5.11 Å². The van der Waals surface area contributed by atoms with E-state index in [4.69, 9.17) is 0 Å². The molecule has 0 aromatic carbocycles. The first-order valence-electron chi connectivity index (χ1n) is 4.93. The summed E-state index contributed by atoms with van der Waals surface area (Å²) < 4.78 is 0. The summed E-state index contributed by atoms with van der Waals surface area (Å²) in [4.78, 5) is 0. The molecule has 78 valence electrons. The summed E-state index contributed by atoms with van der Waals surface area (Å²) in [5, 5.41) is 20.2. The van der Waals surface area contributed by atoms with Gasteiger partial charge in [-0.1, -0.05) is 13.3 Å². The summed E-state index contributed by atoms with van der Waals surface area (Å²) >= 11 is 0. The predicted molar refractivity (Wildman–Crippen MR) is 56.2 cm³/mol. The van der Waals surface area contributed by atoms with Gasteiger partial charge in [-0.25, -0.2) is 0 Å². The lowest BCUT2D eigenvalue weighted by Crippen LogP contribution is -2.19. The van der Waals surface area contributed by atoms with Crippen molar-refractivity contribution in [3.05, 3.63) is 17.8 Å². The highest BCUT2D eigenvalue weighted by Gasteiger charge is 2.02. The summed E-state index contributed by atoms with van der Waals surface area (Å²) in [6, 6.07) is 1.91. The molecule has 0 saturated heterocycles. The van der Waals surface area contributed by atoms with Crippen molar-refractivity contribution in [1.29, 1.82) is 0 Å². The summed E-state index contributed by atoms with van der Waals surface area (Å²) in [5.41, 5.74) is 1.06. The van der Waals surface area contributed by atoms with Crippen LogP contribution in [0.2, 0.25) is 0 Å². The van der Waals surface area contributed by atoms with Crippen molar-refractivity contribution in [1.82, 2.24) is 10.2 Å². The summed E-state index contributed by atoms with van der Waals surface area (Å²) in [6.45, 7) is 4.55. The Morgan fingerprint density at radius 2 is 2.36 bits per heavy atom. The van der Waals surface area contributed by atoms with Crippen LogP contribution in [-0.2, 0) is 0 Å². The molecule has 0 bridgehead atoms. The van der Waals surface area contributed by atoms with E-state index in [0.717, 1.165) is 24.2 Å². The van der Waals surface area contributed by atoms with Crippen LogP contribution in [0.5, 0.6) is 0 Å². The third-order valence-corrected chi connectivity index (χ3v) is 1.93. The molecule has 0 radical (unpaired) electrons. The fraction of sp³-hybridized carbons (Fsp3) is 0.600. The molecule has 0 spiro atoms. The van der Waals surface area contributed by atoms with Crippen LogP contribution in [0.15, 0.2) is 12.3 Å². The van der Waals surface area contributed by atoms with Crippen molar-refractivity contribution in [3.63, 3.8) is 0 Å². The van der Waals surface area contributed by atoms with Crippen LogP contribution < -0.4 is 5.32 Å². The van der Waals surface area contributed by atoms with E-state index >= 15 is 0 Å². The highest BCUT2D eigenvalue weighted by atomic mass is 16.3. The van der Waals surface area contributed by atoms with Gasteiger partial charge < -0.3 is 10.4 Å². The highest BCUT2D eigenvalue weighted by Crippen LogP contribution is 2.04. The minimum absolute atomic E-state index is 0.303. The van der Waals surface area contributed by atoms with Gasteiger partial charge in [-0.05, 0) is 25.0 Å². The third kappa shape index (κ3) is 3.70. The predicted octanol–water partition coefficient (Wildman–Crippen LogP) is 1.36. The average Bonchev–Trinajstić information content (AvgIpc) is 2.15. The quantitative estimate of drug-likeness (QED) is 0.744. The molecule has 1 rings (SSSR count). The van der Waals surface area contributed by atoms with Crippen molar-refractivity contribution in [2.75, 3.05) is 11.9 Å². The maximum atomic E-state index is 9.47. The van der Waals surface area contributed by atoms with Crippen LogP contribution >= 0.6 is 0 Å². The van der Waals surface area contributed by atoms with Gasteiger partial charge in [-0.3, -0.25) is 0 Å². The van der Waals surface area contributed by atoms with Gasteiger partial charge >= 0.3 is 0 Å². The van der Waals surface area contributed by atoms with Crippen molar-refractivity contribution in [2.45, 2.75) is 32.8 Å². The molecule has 2 N–H and O–H groups in total. The molecular formula is C10H17N3O. The van der Waals surface area contributed by atoms with Crippen molar-refractivity contribution >= 4 is 5.82 Å². The van der Waals surface area contributed by atoms with Gasteiger partial charge in [0.05, 0.1) is 12.3 Å². The van der Waals surface area contributed by atoms with Gasteiger partial charge in [-0.2, -0.15) is 5.10 Å². The zero-order chi connectivity index (χ0) is 10.4. The van der Waals surface area contributed by atoms with Crippen LogP contribution in [-0.4, -0.2) is 28.0 Å². The van der Waals surface area contributed by atoms with Crippen molar-refractivity contribution < 1.29 is 5.11 Å². The van der Waals surface area contributed by atoms with Gasteiger partial charge in [0.15, 0.2) is 0 Å². The van der Waals surface area contributed by atoms with Crippen LogP contribution in [0.25, 0.3) is 0 Å². The Morgan fingerprint density at radius 3 is 3.00 bits per heavy atom. The van der Waals surface area contributed by atoms with Crippen LogP contribution in [0, 0.1) is 6.92 Å². The van der Waals surface area contributed by atoms with Crippen molar-refractivity contribution in [2.24, 2.45) is 0 Å². The van der Waals surface area contributed by atoms with E-state index in [-0.39, 0.29) is 6.10 Å². The number of anilines is 1. The van der Waals surface area contributed by atoms with Gasteiger partial charge in [-0.15, -0.1) is 5.10 Å². The fourth-order valence-corrected chi connectivity index (χ4v) is 1.21. The lowest BCUT2D eigenvalue weighted by atomic mass is 10.2. The summed E-state index contributed by atoms with van der Waals surface area (Å²) in [6.07, 6.45) is 3.20. The van der Waals surface area contributed by atoms with Gasteiger partial charge in [0.25, 0.3) is 0 Å². The minimum Gasteiger partial charge on any atom is -0.391 e. The SMILES string of the molecule is CCCC(O)CNc1cc(C)cnn1. The number of aliphatic hydroxyl groups excluding tert-OH is 1. The Hall–Kier alpha value is -1.16. The Bertz CT molecular complexity index is 278. The van der Waals surface area contributed by atoms with Crippen LogP contribution in [0.3, 0.4) is 0 Å². The topological polar surface area (TPSA) is 58.0 Å². The fourth-order valence-electron chi connectivity index (χ4n) is 1.21. The molecule has 1 unspecified atom stereocenters. The Balaban J connectivity index is 2.37. The standard InChI is InChI=1S/C10H17N3O/c1-3-4-9(14)7-11-10-5-8(2)6-12-13-10/h5-6,9,14H,3-4,7H2,1-2H3,(H,11,13). The van der Waals surface area contributed by atoms with E-state index in [1.165, 1.54) is 0 Å². The first kappa shape index (κ1) is 10.9. The Labute approximate surface area is 84.4 Å². The number of aliphatic hydroxyl groups is 1. The number of nitrogens with one attached hydrogen (secondary N) is 1. The van der Waals surface area contributed by atoms with Gasteiger partial charge in [0.2, 0.25) is 0 Å². The maximum absolute atomic E-state index is 9.47. The molecular weight excluding hydrogens is 178 g/mol. The first-order valence-corrected chi connectivity index (χ1v) is 4.93. The smallest absolute Gasteiger partial charge is 0.148 e. The molecule has 4 heteroatoms. The average molecular weight is 195 g/mol. The normalized spacial score (nSPS) is 12.5. The lowest BCUT2D eigenvalue weighted by Gasteiger charge is -2.10. The molecule has 0 aliphatic carbocycles. The zero-order valence-corrected chi connectivity index (χ0v) is 8.70. The maximum Gasteiger partial charge on any atom is 0.148 e. The molecule has 4 nitrogen and oxygen atoms in total. The molecule has 1 heterocycles.